The van der Waals surface area contributed by atoms with Crippen LogP contribution in [0.4, 0.5) is 5.69 Å². The number of anilines is 1. The van der Waals surface area contributed by atoms with E-state index in [0.717, 1.165) is 19.0 Å². The van der Waals surface area contributed by atoms with Gasteiger partial charge >= 0.3 is 0 Å². The molecule has 0 aliphatic carbocycles. The Morgan fingerprint density at radius 3 is 2.93 bits per heavy atom. The number of piperidine rings is 1. The highest BCUT2D eigenvalue weighted by Crippen LogP contribution is 2.30. The minimum Gasteiger partial charge on any atom is -0.482 e. The molecule has 1 aromatic heterocycles. The number of nitrogens with one attached hydrogen (secondary N) is 2. The molecule has 2 aliphatic heterocycles. The summed E-state index contributed by atoms with van der Waals surface area (Å²) in [4.78, 5) is 28.0. The summed E-state index contributed by atoms with van der Waals surface area (Å²) in [5.74, 6) is 1.01. The number of likely N-dealkylation sites (tertiary alicyclic amines) is 1. The maximum atomic E-state index is 12.7. The molecule has 6 nitrogen and oxygen atoms in total. The summed E-state index contributed by atoms with van der Waals surface area (Å²) in [7, 11) is 0. The Morgan fingerprint density at radius 1 is 1.36 bits per heavy atom. The van der Waals surface area contributed by atoms with Crippen molar-refractivity contribution in [1.82, 2.24) is 10.2 Å². The molecule has 2 amide bonds. The van der Waals surface area contributed by atoms with Crippen LogP contribution in [0.15, 0.2) is 35.7 Å². The van der Waals surface area contributed by atoms with Gasteiger partial charge in [-0.3, -0.25) is 14.5 Å². The van der Waals surface area contributed by atoms with Crippen molar-refractivity contribution >= 4 is 28.8 Å². The Labute approximate surface area is 168 Å². The highest BCUT2D eigenvalue weighted by molar-refractivity contribution is 7.10. The monoisotopic (exact) mass is 399 g/mol. The standard InChI is InChI=1S/C21H25N3O3S/c1-14-6-8-24(9-7-14)17(19-3-2-10-28-19)12-22-21(26)15-4-5-18-16(11-15)23-20(25)13-27-18/h2-5,10-11,14,17H,6-9,12-13H2,1H3,(H,22,26)(H,23,25). The van der Waals surface area contributed by atoms with Crippen LogP contribution < -0.4 is 15.4 Å². The van der Waals surface area contributed by atoms with E-state index in [1.165, 1.54) is 17.7 Å². The number of carbonyl (C=O) groups excluding carboxylic acids is 2. The second-order valence-electron chi connectivity index (χ2n) is 7.51. The minimum absolute atomic E-state index is 0.00941. The lowest BCUT2D eigenvalue weighted by Gasteiger charge is -2.36. The number of fused-ring (bicyclic) bond motifs is 1. The van der Waals surface area contributed by atoms with Crippen molar-refractivity contribution in [1.29, 1.82) is 0 Å². The quantitative estimate of drug-likeness (QED) is 0.810. The van der Waals surface area contributed by atoms with Gasteiger partial charge in [-0.1, -0.05) is 13.0 Å². The fourth-order valence-electron chi connectivity index (χ4n) is 3.75. The van der Waals surface area contributed by atoms with E-state index >= 15 is 0 Å². The molecular formula is C21H25N3O3S. The number of rotatable bonds is 5. The van der Waals surface area contributed by atoms with E-state index in [1.54, 1.807) is 29.5 Å². The number of nitrogens with zero attached hydrogens (tertiary/aromatic N) is 1. The van der Waals surface area contributed by atoms with Crippen molar-refractivity contribution in [3.63, 3.8) is 0 Å². The normalized spacial score (nSPS) is 18.7. The Balaban J connectivity index is 1.44. The molecule has 2 aliphatic rings. The SMILES string of the molecule is CC1CCN(C(CNC(=O)c2ccc3c(c2)NC(=O)CO3)c2cccs2)CC1. The summed E-state index contributed by atoms with van der Waals surface area (Å²) < 4.78 is 5.36. The van der Waals surface area contributed by atoms with Crippen LogP contribution in [-0.4, -0.2) is 43.0 Å². The molecule has 7 heteroatoms. The summed E-state index contributed by atoms with van der Waals surface area (Å²) in [6.45, 7) is 4.99. The number of amides is 2. The van der Waals surface area contributed by atoms with Gasteiger partial charge in [0.25, 0.3) is 11.8 Å². The highest BCUT2D eigenvalue weighted by Gasteiger charge is 2.26. The molecule has 2 aromatic rings. The third kappa shape index (κ3) is 4.20. The molecule has 1 unspecified atom stereocenters. The number of carbonyl (C=O) groups is 2. The van der Waals surface area contributed by atoms with Crippen molar-refractivity contribution in [3.8, 4) is 5.75 Å². The van der Waals surface area contributed by atoms with Gasteiger partial charge in [-0.05, 0) is 61.5 Å². The first-order chi connectivity index (χ1) is 13.6. The van der Waals surface area contributed by atoms with Gasteiger partial charge in [0, 0.05) is 17.0 Å². The number of thiophene rings is 1. The number of hydrogen-bond donors (Lipinski definition) is 2. The van der Waals surface area contributed by atoms with Crippen molar-refractivity contribution in [2.24, 2.45) is 5.92 Å². The van der Waals surface area contributed by atoms with Crippen LogP contribution >= 0.6 is 11.3 Å². The molecule has 28 heavy (non-hydrogen) atoms. The third-order valence-corrected chi connectivity index (χ3v) is 6.43. The zero-order valence-corrected chi connectivity index (χ0v) is 16.8. The third-order valence-electron chi connectivity index (χ3n) is 5.46. The van der Waals surface area contributed by atoms with E-state index in [1.807, 2.05) is 0 Å². The molecule has 148 valence electrons. The van der Waals surface area contributed by atoms with Gasteiger partial charge in [0.05, 0.1) is 11.7 Å². The van der Waals surface area contributed by atoms with Crippen molar-refractivity contribution in [3.05, 3.63) is 46.2 Å². The first-order valence-electron chi connectivity index (χ1n) is 9.72. The fraction of sp³-hybridized carbons (Fsp3) is 0.429. The summed E-state index contributed by atoms with van der Waals surface area (Å²) >= 11 is 1.73. The summed E-state index contributed by atoms with van der Waals surface area (Å²) in [6.07, 6.45) is 2.39. The van der Waals surface area contributed by atoms with Crippen LogP contribution in [0, 0.1) is 5.92 Å². The maximum absolute atomic E-state index is 12.7. The Kier molecular flexibility index (Phi) is 5.64. The maximum Gasteiger partial charge on any atom is 0.262 e. The Bertz CT molecular complexity index is 845. The summed E-state index contributed by atoms with van der Waals surface area (Å²) in [5, 5.41) is 7.92. The van der Waals surface area contributed by atoms with Crippen molar-refractivity contribution < 1.29 is 14.3 Å². The van der Waals surface area contributed by atoms with Gasteiger partial charge in [-0.2, -0.15) is 0 Å². The van der Waals surface area contributed by atoms with Crippen LogP contribution in [0.2, 0.25) is 0 Å². The molecular weight excluding hydrogens is 374 g/mol. The average Bonchev–Trinajstić information content (AvgIpc) is 3.23. The van der Waals surface area contributed by atoms with Crippen molar-refractivity contribution in [2.75, 3.05) is 31.6 Å². The molecule has 1 saturated heterocycles. The highest BCUT2D eigenvalue weighted by atomic mass is 32.1. The van der Waals surface area contributed by atoms with E-state index in [0.29, 0.717) is 23.5 Å². The second-order valence-corrected chi connectivity index (χ2v) is 8.49. The van der Waals surface area contributed by atoms with Gasteiger partial charge in [0.15, 0.2) is 6.61 Å². The van der Waals surface area contributed by atoms with Gasteiger partial charge in [0.1, 0.15) is 5.75 Å². The van der Waals surface area contributed by atoms with Gasteiger partial charge in [-0.25, -0.2) is 0 Å². The first-order valence-corrected chi connectivity index (χ1v) is 10.6. The Hall–Kier alpha value is -2.38. The van der Waals surface area contributed by atoms with E-state index < -0.39 is 0 Å². The molecule has 0 spiro atoms. The summed E-state index contributed by atoms with van der Waals surface area (Å²) in [5.41, 5.74) is 1.06. The molecule has 2 N–H and O–H groups in total. The number of hydrogen-bond acceptors (Lipinski definition) is 5. The predicted molar refractivity (Wildman–Crippen MR) is 110 cm³/mol. The first kappa shape index (κ1) is 19.0. The van der Waals surface area contributed by atoms with E-state index in [-0.39, 0.29) is 24.5 Å². The number of ether oxygens (including phenoxy) is 1. The second kappa shape index (κ2) is 8.32. The molecule has 0 radical (unpaired) electrons. The zero-order valence-electron chi connectivity index (χ0n) is 15.9. The van der Waals surface area contributed by atoms with Gasteiger partial charge in [-0.15, -0.1) is 11.3 Å². The minimum atomic E-state index is -0.206. The molecule has 0 bridgehead atoms. The van der Waals surface area contributed by atoms with E-state index in [4.69, 9.17) is 4.74 Å². The molecule has 1 fully saturated rings. The van der Waals surface area contributed by atoms with Crippen LogP contribution in [0.3, 0.4) is 0 Å². The molecule has 3 heterocycles. The largest absolute Gasteiger partial charge is 0.482 e. The lowest BCUT2D eigenvalue weighted by Crippen LogP contribution is -2.41. The van der Waals surface area contributed by atoms with Gasteiger partial charge in [0.2, 0.25) is 0 Å². The predicted octanol–water partition coefficient (Wildman–Crippen LogP) is 3.28. The summed E-state index contributed by atoms with van der Waals surface area (Å²) in [6, 6.07) is 9.53. The van der Waals surface area contributed by atoms with Crippen LogP contribution in [0.1, 0.15) is 41.0 Å². The van der Waals surface area contributed by atoms with Crippen LogP contribution in [0.5, 0.6) is 5.75 Å². The van der Waals surface area contributed by atoms with Crippen molar-refractivity contribution in [2.45, 2.75) is 25.8 Å². The van der Waals surface area contributed by atoms with E-state index in [2.05, 4.69) is 40.0 Å². The van der Waals surface area contributed by atoms with Crippen LogP contribution in [-0.2, 0) is 4.79 Å². The zero-order chi connectivity index (χ0) is 19.5. The van der Waals surface area contributed by atoms with Gasteiger partial charge < -0.3 is 15.4 Å². The lowest BCUT2D eigenvalue weighted by atomic mass is 9.97. The number of benzene rings is 1. The molecule has 4 rings (SSSR count). The smallest absolute Gasteiger partial charge is 0.262 e. The fourth-order valence-corrected chi connectivity index (χ4v) is 4.61. The topological polar surface area (TPSA) is 70.7 Å². The lowest BCUT2D eigenvalue weighted by molar-refractivity contribution is -0.118. The van der Waals surface area contributed by atoms with Crippen LogP contribution in [0.25, 0.3) is 0 Å². The van der Waals surface area contributed by atoms with E-state index in [9.17, 15) is 9.59 Å². The molecule has 1 atom stereocenters. The molecule has 1 aromatic carbocycles. The average molecular weight is 400 g/mol. The molecule has 0 saturated carbocycles. The Morgan fingerprint density at radius 2 is 2.18 bits per heavy atom.